The van der Waals surface area contributed by atoms with Crippen LogP contribution in [0.25, 0.3) is 0 Å². The van der Waals surface area contributed by atoms with Crippen LogP contribution >= 0.6 is 0 Å². The molecule has 0 saturated heterocycles. The zero-order valence-corrected chi connectivity index (χ0v) is 15.3. The molecule has 4 rings (SSSR count). The molecule has 3 aromatic rings. The Balaban J connectivity index is 1.67. The third-order valence-corrected chi connectivity index (χ3v) is 5.60. The van der Waals surface area contributed by atoms with Gasteiger partial charge in [0.1, 0.15) is 11.9 Å². The van der Waals surface area contributed by atoms with Crippen LogP contribution < -0.4 is 9.57 Å². The number of ether oxygens (including phenoxy) is 1. The van der Waals surface area contributed by atoms with Crippen molar-refractivity contribution in [3.63, 3.8) is 0 Å². The molecule has 0 fully saturated rings. The van der Waals surface area contributed by atoms with E-state index < -0.39 is 10.0 Å². The quantitative estimate of drug-likeness (QED) is 0.700. The molecule has 0 bridgehead atoms. The predicted octanol–water partition coefficient (Wildman–Crippen LogP) is 3.89. The number of para-hydroxylation sites is 1. The first-order valence-electron chi connectivity index (χ1n) is 8.58. The van der Waals surface area contributed by atoms with Gasteiger partial charge in [-0.05, 0) is 29.8 Å². The lowest BCUT2D eigenvalue weighted by atomic mass is 9.96. The van der Waals surface area contributed by atoms with Gasteiger partial charge in [-0.3, -0.25) is 0 Å². The number of hydrogen-bond donors (Lipinski definition) is 1. The van der Waals surface area contributed by atoms with Crippen LogP contribution in [0, 0.1) is 0 Å². The summed E-state index contributed by atoms with van der Waals surface area (Å²) in [4.78, 5) is 2.54. The van der Waals surface area contributed by atoms with Crippen LogP contribution in [0.5, 0.6) is 5.75 Å². The van der Waals surface area contributed by atoms with Crippen molar-refractivity contribution < 1.29 is 13.2 Å². The normalized spacial score (nSPS) is 17.8. The first-order chi connectivity index (χ1) is 13.1. The van der Waals surface area contributed by atoms with Crippen LogP contribution in [0.15, 0.2) is 94.9 Å². The third kappa shape index (κ3) is 3.71. The number of hydrogen-bond acceptors (Lipinski definition) is 4. The molecule has 1 aliphatic rings. The number of hydrazone groups is 1. The minimum Gasteiger partial charge on any atom is -0.485 e. The number of benzene rings is 3. The van der Waals surface area contributed by atoms with Crippen molar-refractivity contribution in [3.05, 3.63) is 96.1 Å². The van der Waals surface area contributed by atoms with E-state index >= 15 is 0 Å². The van der Waals surface area contributed by atoms with Gasteiger partial charge in [-0.15, -0.1) is 0 Å². The van der Waals surface area contributed by atoms with Gasteiger partial charge in [0.05, 0.1) is 10.6 Å². The minimum atomic E-state index is -3.72. The summed E-state index contributed by atoms with van der Waals surface area (Å²) in [5.74, 6) is 0.690. The molecule has 1 N–H and O–H groups in total. The summed E-state index contributed by atoms with van der Waals surface area (Å²) in [7, 11) is -3.72. The Kier molecular flexibility index (Phi) is 4.64. The largest absolute Gasteiger partial charge is 0.485 e. The SMILES string of the molecule is O=S(=O)(NN=C1CC(c2ccccc2)Oc2ccccc21)c1ccccc1. The minimum absolute atomic E-state index is 0.175. The molecule has 0 aliphatic carbocycles. The number of nitrogens with zero attached hydrogens (tertiary/aromatic N) is 1. The standard InChI is InChI=1S/C21H18N2O3S/c24-27(25,17-11-5-2-6-12-17)23-22-19-15-21(16-9-3-1-4-10-16)26-20-14-8-7-13-18(19)20/h1-14,21,23H,15H2. The summed E-state index contributed by atoms with van der Waals surface area (Å²) in [6, 6.07) is 25.5. The van der Waals surface area contributed by atoms with Crippen molar-refractivity contribution in [2.24, 2.45) is 5.10 Å². The molecule has 0 saturated carbocycles. The van der Waals surface area contributed by atoms with Gasteiger partial charge in [0.25, 0.3) is 10.0 Å². The van der Waals surface area contributed by atoms with E-state index in [1.807, 2.05) is 54.6 Å². The molecular formula is C21H18N2O3S. The van der Waals surface area contributed by atoms with Crippen LogP contribution in [-0.2, 0) is 10.0 Å². The van der Waals surface area contributed by atoms with Crippen LogP contribution in [0.4, 0.5) is 0 Å². The number of rotatable bonds is 4. The Labute approximate surface area is 158 Å². The summed E-state index contributed by atoms with van der Waals surface area (Å²) in [6.07, 6.45) is 0.249. The second kappa shape index (κ2) is 7.25. The Morgan fingerprint density at radius 2 is 1.48 bits per heavy atom. The van der Waals surface area contributed by atoms with Gasteiger partial charge in [-0.2, -0.15) is 18.4 Å². The summed E-state index contributed by atoms with van der Waals surface area (Å²) in [5.41, 5.74) is 2.45. The predicted molar refractivity (Wildman–Crippen MR) is 104 cm³/mol. The van der Waals surface area contributed by atoms with E-state index in [0.29, 0.717) is 17.9 Å². The number of nitrogens with one attached hydrogen (secondary N) is 1. The van der Waals surface area contributed by atoms with Crippen LogP contribution in [0.1, 0.15) is 23.7 Å². The monoisotopic (exact) mass is 378 g/mol. The fourth-order valence-corrected chi connectivity index (χ4v) is 3.87. The molecule has 3 aromatic carbocycles. The molecule has 1 atom stereocenters. The lowest BCUT2D eigenvalue weighted by molar-refractivity contribution is 0.206. The molecule has 27 heavy (non-hydrogen) atoms. The second-order valence-electron chi connectivity index (χ2n) is 6.18. The lowest BCUT2D eigenvalue weighted by Crippen LogP contribution is -2.25. The van der Waals surface area contributed by atoms with Crippen molar-refractivity contribution in [2.75, 3.05) is 0 Å². The van der Waals surface area contributed by atoms with E-state index in [2.05, 4.69) is 9.93 Å². The molecule has 1 aliphatic heterocycles. The highest BCUT2D eigenvalue weighted by atomic mass is 32.2. The average molecular weight is 378 g/mol. The fourth-order valence-electron chi connectivity index (χ4n) is 3.02. The van der Waals surface area contributed by atoms with Gasteiger partial charge in [0.15, 0.2) is 0 Å². The van der Waals surface area contributed by atoms with Crippen molar-refractivity contribution in [2.45, 2.75) is 17.4 Å². The number of fused-ring (bicyclic) bond motifs is 1. The topological polar surface area (TPSA) is 67.8 Å². The van der Waals surface area contributed by atoms with Gasteiger partial charge < -0.3 is 4.74 Å². The van der Waals surface area contributed by atoms with Crippen molar-refractivity contribution in [1.82, 2.24) is 4.83 Å². The van der Waals surface area contributed by atoms with Crippen molar-refractivity contribution in [3.8, 4) is 5.75 Å². The van der Waals surface area contributed by atoms with E-state index in [1.54, 1.807) is 18.2 Å². The van der Waals surface area contributed by atoms with Crippen LogP contribution in [-0.4, -0.2) is 14.1 Å². The highest BCUT2D eigenvalue weighted by Gasteiger charge is 2.26. The molecule has 0 spiro atoms. The van der Waals surface area contributed by atoms with Crippen molar-refractivity contribution >= 4 is 15.7 Å². The lowest BCUT2D eigenvalue weighted by Gasteiger charge is -2.27. The molecule has 0 amide bonds. The second-order valence-corrected chi connectivity index (χ2v) is 7.84. The van der Waals surface area contributed by atoms with E-state index in [1.165, 1.54) is 12.1 Å². The molecule has 0 aromatic heterocycles. The summed E-state index contributed by atoms with van der Waals surface area (Å²) in [5, 5.41) is 4.25. The smallest absolute Gasteiger partial charge is 0.276 e. The van der Waals surface area contributed by atoms with E-state index in [0.717, 1.165) is 11.1 Å². The highest BCUT2D eigenvalue weighted by Crippen LogP contribution is 2.35. The Hall–Kier alpha value is -3.12. The molecule has 136 valence electrons. The molecule has 5 nitrogen and oxygen atoms in total. The molecule has 1 unspecified atom stereocenters. The highest BCUT2D eigenvalue weighted by molar-refractivity contribution is 7.89. The zero-order chi connectivity index (χ0) is 18.7. The first kappa shape index (κ1) is 17.3. The molecule has 1 heterocycles. The Morgan fingerprint density at radius 3 is 2.22 bits per heavy atom. The summed E-state index contributed by atoms with van der Waals surface area (Å²) >= 11 is 0. The van der Waals surface area contributed by atoms with Gasteiger partial charge in [0, 0.05) is 12.0 Å². The zero-order valence-electron chi connectivity index (χ0n) is 14.4. The maximum Gasteiger partial charge on any atom is 0.276 e. The van der Waals surface area contributed by atoms with Gasteiger partial charge in [0.2, 0.25) is 0 Å². The molecule has 0 radical (unpaired) electrons. The van der Waals surface area contributed by atoms with Gasteiger partial charge in [-0.1, -0.05) is 60.7 Å². The summed E-state index contributed by atoms with van der Waals surface area (Å²) < 4.78 is 31.1. The van der Waals surface area contributed by atoms with Crippen LogP contribution in [0.2, 0.25) is 0 Å². The Morgan fingerprint density at radius 1 is 0.852 bits per heavy atom. The molecular weight excluding hydrogens is 360 g/mol. The number of sulfonamides is 1. The fraction of sp³-hybridized carbons (Fsp3) is 0.0952. The van der Waals surface area contributed by atoms with E-state index in [-0.39, 0.29) is 11.0 Å². The van der Waals surface area contributed by atoms with Gasteiger partial charge in [-0.25, -0.2) is 0 Å². The van der Waals surface area contributed by atoms with Crippen LogP contribution in [0.3, 0.4) is 0 Å². The van der Waals surface area contributed by atoms with Gasteiger partial charge >= 0.3 is 0 Å². The average Bonchev–Trinajstić information content (AvgIpc) is 2.73. The third-order valence-electron chi connectivity index (χ3n) is 4.37. The Bertz CT molecular complexity index is 1060. The maximum absolute atomic E-state index is 12.5. The maximum atomic E-state index is 12.5. The first-order valence-corrected chi connectivity index (χ1v) is 10.1. The molecule has 6 heteroatoms. The van der Waals surface area contributed by atoms with Crippen molar-refractivity contribution in [1.29, 1.82) is 0 Å². The van der Waals surface area contributed by atoms with E-state index in [4.69, 9.17) is 4.74 Å². The summed E-state index contributed by atoms with van der Waals surface area (Å²) in [6.45, 7) is 0. The van der Waals surface area contributed by atoms with E-state index in [9.17, 15) is 8.42 Å².